The van der Waals surface area contributed by atoms with Gasteiger partial charge < -0.3 is 9.64 Å². The highest BCUT2D eigenvalue weighted by molar-refractivity contribution is 7.92. The van der Waals surface area contributed by atoms with Gasteiger partial charge in [-0.1, -0.05) is 12.1 Å². The van der Waals surface area contributed by atoms with Gasteiger partial charge in [0.25, 0.3) is 15.9 Å². The fourth-order valence-corrected chi connectivity index (χ4v) is 4.12. The molecule has 2 aromatic carbocycles. The Balaban J connectivity index is 1.77. The van der Waals surface area contributed by atoms with Crippen molar-refractivity contribution in [3.63, 3.8) is 0 Å². The summed E-state index contributed by atoms with van der Waals surface area (Å²) in [5, 5.41) is 0. The van der Waals surface area contributed by atoms with Crippen molar-refractivity contribution >= 4 is 21.6 Å². The number of carbonyl (C=O) groups excluding carboxylic acids is 1. The van der Waals surface area contributed by atoms with Crippen molar-refractivity contribution in [2.45, 2.75) is 17.6 Å². The number of ether oxygens (including phenoxy) is 1. The van der Waals surface area contributed by atoms with Crippen LogP contribution < -0.4 is 4.72 Å². The number of methoxy groups -OCH3 is 1. The molecule has 0 saturated carbocycles. The number of halogens is 3. The van der Waals surface area contributed by atoms with Gasteiger partial charge in [0.1, 0.15) is 0 Å². The molecule has 0 radical (unpaired) electrons. The van der Waals surface area contributed by atoms with E-state index in [-0.39, 0.29) is 28.6 Å². The normalized spacial score (nSPS) is 11.8. The van der Waals surface area contributed by atoms with Crippen LogP contribution in [0.3, 0.4) is 0 Å². The molecule has 1 aromatic heterocycles. The lowest BCUT2D eigenvalue weighted by atomic mass is 10.2. The van der Waals surface area contributed by atoms with E-state index in [0.29, 0.717) is 24.9 Å². The second-order valence-corrected chi connectivity index (χ2v) is 8.93. The van der Waals surface area contributed by atoms with E-state index in [1.807, 2.05) is 0 Å². The molecule has 7 nitrogen and oxygen atoms in total. The minimum atomic E-state index is -4.60. The molecule has 1 heterocycles. The van der Waals surface area contributed by atoms with Gasteiger partial charge in [-0.15, -0.1) is 0 Å². The molecule has 0 unspecified atom stereocenters. The van der Waals surface area contributed by atoms with E-state index in [0.717, 1.165) is 12.1 Å². The minimum Gasteiger partial charge on any atom is -0.383 e. The van der Waals surface area contributed by atoms with Crippen LogP contribution in [0.4, 0.5) is 18.9 Å². The Bertz CT molecular complexity index is 1220. The maximum absolute atomic E-state index is 13.0. The number of anilines is 1. The second kappa shape index (κ2) is 10.7. The largest absolute Gasteiger partial charge is 0.416 e. The highest BCUT2D eigenvalue weighted by Crippen LogP contribution is 2.31. The van der Waals surface area contributed by atoms with Crippen LogP contribution in [0, 0.1) is 0 Å². The van der Waals surface area contributed by atoms with E-state index in [2.05, 4.69) is 9.71 Å². The number of alkyl halides is 3. The molecule has 1 N–H and O–H groups in total. The number of aromatic nitrogens is 1. The molecule has 0 bridgehead atoms. The van der Waals surface area contributed by atoms with Gasteiger partial charge in [-0.25, -0.2) is 8.42 Å². The number of nitrogens with zero attached hydrogens (tertiary/aromatic N) is 2. The van der Waals surface area contributed by atoms with E-state index >= 15 is 0 Å². The maximum atomic E-state index is 13.0. The molecule has 34 heavy (non-hydrogen) atoms. The summed E-state index contributed by atoms with van der Waals surface area (Å²) in [6.07, 6.45) is -2.99. The van der Waals surface area contributed by atoms with Crippen molar-refractivity contribution < 1.29 is 31.1 Å². The van der Waals surface area contributed by atoms with Crippen LogP contribution >= 0.6 is 0 Å². The SMILES string of the molecule is COCCN(Cc1ccccn1)C(=O)c1ccc(S(=O)(=O)Nc2cccc(C(F)(F)F)c2)cc1. The molecule has 0 spiro atoms. The number of nitrogens with one attached hydrogen (secondary N) is 1. The number of sulfonamides is 1. The lowest BCUT2D eigenvalue weighted by molar-refractivity contribution is -0.137. The Hall–Kier alpha value is -3.44. The number of benzene rings is 2. The summed E-state index contributed by atoms with van der Waals surface area (Å²) in [7, 11) is -2.66. The summed E-state index contributed by atoms with van der Waals surface area (Å²) >= 11 is 0. The average Bonchev–Trinajstić information content (AvgIpc) is 2.81. The number of pyridine rings is 1. The number of amides is 1. The van der Waals surface area contributed by atoms with Crippen molar-refractivity contribution in [1.82, 2.24) is 9.88 Å². The average molecular weight is 494 g/mol. The molecule has 0 fully saturated rings. The van der Waals surface area contributed by atoms with Crippen LogP contribution in [0.2, 0.25) is 0 Å². The van der Waals surface area contributed by atoms with Gasteiger partial charge in [0.05, 0.1) is 29.3 Å². The molecular weight excluding hydrogens is 471 g/mol. The van der Waals surface area contributed by atoms with Crippen molar-refractivity contribution in [3.05, 3.63) is 89.7 Å². The summed E-state index contributed by atoms with van der Waals surface area (Å²) < 4.78 is 71.2. The first-order chi connectivity index (χ1) is 16.1. The van der Waals surface area contributed by atoms with Crippen LogP contribution in [-0.2, 0) is 27.5 Å². The van der Waals surface area contributed by atoms with Crippen LogP contribution in [0.15, 0.2) is 77.8 Å². The number of hydrogen-bond acceptors (Lipinski definition) is 5. The van der Waals surface area contributed by atoms with Crippen LogP contribution in [-0.4, -0.2) is 44.5 Å². The zero-order valence-electron chi connectivity index (χ0n) is 18.1. The molecule has 0 aliphatic rings. The summed E-state index contributed by atoms with van der Waals surface area (Å²) in [6.45, 7) is 0.829. The Morgan fingerprint density at radius 2 is 1.79 bits per heavy atom. The van der Waals surface area contributed by atoms with Gasteiger partial charge in [-0.05, 0) is 54.6 Å². The second-order valence-electron chi connectivity index (χ2n) is 7.25. The first kappa shape index (κ1) is 25.2. The number of hydrogen-bond donors (Lipinski definition) is 1. The monoisotopic (exact) mass is 493 g/mol. The molecule has 11 heteroatoms. The molecule has 0 aliphatic carbocycles. The highest BCUT2D eigenvalue weighted by atomic mass is 32.2. The van der Waals surface area contributed by atoms with E-state index in [1.54, 1.807) is 24.4 Å². The third-order valence-corrected chi connectivity index (χ3v) is 6.18. The van der Waals surface area contributed by atoms with Gasteiger partial charge in [0.2, 0.25) is 0 Å². The Kier molecular flexibility index (Phi) is 7.90. The maximum Gasteiger partial charge on any atom is 0.416 e. The van der Waals surface area contributed by atoms with E-state index in [9.17, 15) is 26.4 Å². The summed E-state index contributed by atoms with van der Waals surface area (Å²) in [4.78, 5) is 18.6. The Labute approximate surface area is 195 Å². The van der Waals surface area contributed by atoms with Crippen LogP contribution in [0.25, 0.3) is 0 Å². The van der Waals surface area contributed by atoms with Crippen LogP contribution in [0.1, 0.15) is 21.6 Å². The third-order valence-electron chi connectivity index (χ3n) is 4.79. The van der Waals surface area contributed by atoms with Crippen molar-refractivity contribution in [3.8, 4) is 0 Å². The van der Waals surface area contributed by atoms with E-state index in [4.69, 9.17) is 4.74 Å². The first-order valence-corrected chi connectivity index (χ1v) is 11.6. The molecule has 3 rings (SSSR count). The number of rotatable bonds is 9. The van der Waals surface area contributed by atoms with Gasteiger partial charge in [0.15, 0.2) is 0 Å². The predicted octanol–water partition coefficient (Wildman–Crippen LogP) is 4.19. The molecule has 1 amide bonds. The van der Waals surface area contributed by atoms with Gasteiger partial charge >= 0.3 is 6.18 Å². The first-order valence-electron chi connectivity index (χ1n) is 10.1. The number of carbonyl (C=O) groups is 1. The summed E-state index contributed by atoms with van der Waals surface area (Å²) in [6, 6.07) is 14.4. The fraction of sp³-hybridized carbons (Fsp3) is 0.217. The molecule has 3 aromatic rings. The van der Waals surface area contributed by atoms with Gasteiger partial charge in [0, 0.05) is 31.1 Å². The topological polar surface area (TPSA) is 88.6 Å². The summed E-state index contributed by atoms with van der Waals surface area (Å²) in [5.74, 6) is -0.350. The molecule has 180 valence electrons. The lowest BCUT2D eigenvalue weighted by Gasteiger charge is -2.22. The minimum absolute atomic E-state index is 0.199. The highest BCUT2D eigenvalue weighted by Gasteiger charge is 2.30. The fourth-order valence-electron chi connectivity index (χ4n) is 3.07. The van der Waals surface area contributed by atoms with Crippen molar-refractivity contribution in [1.29, 1.82) is 0 Å². The Morgan fingerprint density at radius 1 is 1.06 bits per heavy atom. The standard InChI is InChI=1S/C23H22F3N3O4S/c1-33-14-13-29(16-20-6-2-3-12-27-20)22(30)17-8-10-21(11-9-17)34(31,32)28-19-7-4-5-18(15-19)23(24,25)26/h2-12,15,28H,13-14,16H2,1H3. The zero-order valence-corrected chi connectivity index (χ0v) is 18.9. The zero-order chi connectivity index (χ0) is 24.8. The van der Waals surface area contributed by atoms with E-state index in [1.165, 1.54) is 42.3 Å². The quantitative estimate of drug-likeness (QED) is 0.483. The molecule has 0 aliphatic heterocycles. The Morgan fingerprint density at radius 3 is 2.41 bits per heavy atom. The molecule has 0 saturated heterocycles. The molecular formula is C23H22F3N3O4S. The smallest absolute Gasteiger partial charge is 0.383 e. The van der Waals surface area contributed by atoms with Gasteiger partial charge in [-0.3, -0.25) is 14.5 Å². The van der Waals surface area contributed by atoms with Gasteiger partial charge in [-0.2, -0.15) is 13.2 Å². The summed E-state index contributed by atoms with van der Waals surface area (Å²) in [5.41, 5.74) is -0.282. The van der Waals surface area contributed by atoms with Crippen molar-refractivity contribution in [2.75, 3.05) is 25.0 Å². The predicted molar refractivity (Wildman–Crippen MR) is 120 cm³/mol. The lowest BCUT2D eigenvalue weighted by Crippen LogP contribution is -2.33. The van der Waals surface area contributed by atoms with Crippen LogP contribution in [0.5, 0.6) is 0 Å². The van der Waals surface area contributed by atoms with E-state index < -0.39 is 21.8 Å². The van der Waals surface area contributed by atoms with Crippen molar-refractivity contribution in [2.24, 2.45) is 0 Å². The third kappa shape index (κ3) is 6.55. The molecule has 0 atom stereocenters.